The molecule has 3 rings (SSSR count). The van der Waals surface area contributed by atoms with Gasteiger partial charge >= 0.3 is 5.97 Å². The lowest BCUT2D eigenvalue weighted by Gasteiger charge is -2.03. The molecule has 0 saturated heterocycles. The molecule has 1 N–H and O–H groups in total. The largest absolute Gasteiger partial charge is 0.465 e. The lowest BCUT2D eigenvalue weighted by Crippen LogP contribution is -2.13. The molecule has 0 fully saturated rings. The van der Waals surface area contributed by atoms with E-state index in [2.05, 4.69) is 9.97 Å². The van der Waals surface area contributed by atoms with Crippen LogP contribution in [-0.4, -0.2) is 15.9 Å². The Hall–Kier alpha value is -3.15. The van der Waals surface area contributed by atoms with Gasteiger partial charge in [-0.05, 0) is 30.3 Å². The molecule has 0 spiro atoms. The number of aromatic nitrogens is 2. The number of nitrogens with zero attached hydrogens (tertiary/aromatic N) is 1. The van der Waals surface area contributed by atoms with Crippen LogP contribution in [0.2, 0.25) is 0 Å². The molecule has 2 aromatic heterocycles. The van der Waals surface area contributed by atoms with Crippen molar-refractivity contribution in [3.63, 3.8) is 0 Å². The van der Waals surface area contributed by atoms with Gasteiger partial charge in [0.05, 0.1) is 17.2 Å². The number of furan rings is 1. The van der Waals surface area contributed by atoms with Crippen molar-refractivity contribution < 1.29 is 13.9 Å². The molecule has 0 aliphatic rings. The van der Waals surface area contributed by atoms with E-state index < -0.39 is 5.97 Å². The predicted octanol–water partition coefficient (Wildman–Crippen LogP) is 2.27. The molecular formula is C16H12N2O4. The molecule has 2 heterocycles. The highest BCUT2D eigenvalue weighted by Crippen LogP contribution is 2.06. The van der Waals surface area contributed by atoms with Gasteiger partial charge in [0.25, 0.3) is 5.56 Å². The van der Waals surface area contributed by atoms with Crippen LogP contribution in [0.4, 0.5) is 0 Å². The maximum atomic E-state index is 11.9. The van der Waals surface area contributed by atoms with Gasteiger partial charge in [-0.15, -0.1) is 0 Å². The minimum absolute atomic E-state index is 0.110. The zero-order valence-corrected chi connectivity index (χ0v) is 11.5. The molecule has 0 atom stereocenters. The van der Waals surface area contributed by atoms with Crippen LogP contribution in [-0.2, 0) is 16.1 Å². The molecule has 110 valence electrons. The van der Waals surface area contributed by atoms with Gasteiger partial charge in [0.2, 0.25) is 0 Å². The fourth-order valence-corrected chi connectivity index (χ4v) is 1.93. The van der Waals surface area contributed by atoms with Crippen molar-refractivity contribution in [2.75, 3.05) is 0 Å². The number of esters is 1. The standard InChI is InChI=1S/C16H12N2O4/c19-15(8-7-11-4-3-9-21-11)22-10-14-17-13-6-2-1-5-12(13)16(20)18-14/h1-9H,10H2,(H,17,18,20)/b8-7+. The van der Waals surface area contributed by atoms with E-state index in [0.717, 1.165) is 0 Å². The molecule has 6 heteroatoms. The SMILES string of the molecule is O=C(/C=C/c1ccco1)OCc1nc2ccccc2c(=O)[nH]1. The van der Waals surface area contributed by atoms with Crippen LogP contribution in [0.15, 0.2) is 57.9 Å². The summed E-state index contributed by atoms with van der Waals surface area (Å²) in [4.78, 5) is 30.3. The van der Waals surface area contributed by atoms with Crippen molar-refractivity contribution in [1.29, 1.82) is 0 Å². The third-order valence-corrected chi connectivity index (χ3v) is 2.94. The third kappa shape index (κ3) is 3.12. The molecule has 3 aromatic rings. The van der Waals surface area contributed by atoms with Crippen LogP contribution in [0.1, 0.15) is 11.6 Å². The van der Waals surface area contributed by atoms with E-state index >= 15 is 0 Å². The van der Waals surface area contributed by atoms with E-state index in [1.54, 1.807) is 36.4 Å². The molecular weight excluding hydrogens is 284 g/mol. The second-order valence-electron chi connectivity index (χ2n) is 4.49. The van der Waals surface area contributed by atoms with Crippen LogP contribution in [0.25, 0.3) is 17.0 Å². The topological polar surface area (TPSA) is 85.2 Å². The van der Waals surface area contributed by atoms with Gasteiger partial charge in [0.15, 0.2) is 0 Å². The molecule has 22 heavy (non-hydrogen) atoms. The predicted molar refractivity (Wildman–Crippen MR) is 79.9 cm³/mol. The molecule has 0 radical (unpaired) electrons. The smallest absolute Gasteiger partial charge is 0.331 e. The maximum Gasteiger partial charge on any atom is 0.331 e. The number of H-pyrrole nitrogens is 1. The Balaban J connectivity index is 1.69. The van der Waals surface area contributed by atoms with Crippen molar-refractivity contribution >= 4 is 22.9 Å². The minimum atomic E-state index is -0.549. The van der Waals surface area contributed by atoms with Crippen molar-refractivity contribution in [2.24, 2.45) is 0 Å². The van der Waals surface area contributed by atoms with Crippen molar-refractivity contribution in [2.45, 2.75) is 6.61 Å². The Morgan fingerprint density at radius 3 is 2.95 bits per heavy atom. The highest BCUT2D eigenvalue weighted by molar-refractivity contribution is 5.86. The van der Waals surface area contributed by atoms with E-state index in [0.29, 0.717) is 22.5 Å². The molecule has 0 saturated carbocycles. The average molecular weight is 296 g/mol. The van der Waals surface area contributed by atoms with Crippen LogP contribution in [0, 0.1) is 0 Å². The molecule has 6 nitrogen and oxygen atoms in total. The number of para-hydroxylation sites is 1. The van der Waals surface area contributed by atoms with Crippen LogP contribution < -0.4 is 5.56 Å². The fraction of sp³-hybridized carbons (Fsp3) is 0.0625. The van der Waals surface area contributed by atoms with Gasteiger partial charge in [0, 0.05) is 6.08 Å². The Labute approximate surface area is 125 Å². The first-order valence-electron chi connectivity index (χ1n) is 6.59. The minimum Gasteiger partial charge on any atom is -0.465 e. The van der Waals surface area contributed by atoms with E-state index in [4.69, 9.17) is 9.15 Å². The number of aromatic amines is 1. The van der Waals surface area contributed by atoms with Crippen molar-refractivity contribution in [3.05, 3.63) is 70.7 Å². The molecule has 1 aromatic carbocycles. The summed E-state index contributed by atoms with van der Waals surface area (Å²) >= 11 is 0. The fourth-order valence-electron chi connectivity index (χ4n) is 1.93. The second kappa shape index (κ2) is 6.09. The molecule has 0 amide bonds. The van der Waals surface area contributed by atoms with E-state index in [-0.39, 0.29) is 12.2 Å². The maximum absolute atomic E-state index is 11.9. The Morgan fingerprint density at radius 1 is 1.27 bits per heavy atom. The number of nitrogens with one attached hydrogen (secondary N) is 1. The van der Waals surface area contributed by atoms with Crippen molar-refractivity contribution in [3.8, 4) is 0 Å². The van der Waals surface area contributed by atoms with Gasteiger partial charge in [-0.2, -0.15) is 0 Å². The first kappa shape index (κ1) is 13.8. The third-order valence-electron chi connectivity index (χ3n) is 2.94. The van der Waals surface area contributed by atoms with Crippen LogP contribution in [0.3, 0.4) is 0 Å². The Kier molecular flexibility index (Phi) is 3.82. The van der Waals surface area contributed by atoms with Gasteiger partial charge in [-0.25, -0.2) is 9.78 Å². The van der Waals surface area contributed by atoms with Crippen LogP contribution in [0.5, 0.6) is 0 Å². The molecule has 0 aliphatic carbocycles. The summed E-state index contributed by atoms with van der Waals surface area (Å²) in [5, 5.41) is 0.496. The van der Waals surface area contributed by atoms with E-state index in [1.165, 1.54) is 18.4 Å². The Bertz CT molecular complexity index is 879. The summed E-state index contributed by atoms with van der Waals surface area (Å²) in [5.74, 6) is 0.296. The summed E-state index contributed by atoms with van der Waals surface area (Å²) in [6, 6.07) is 10.4. The number of hydrogen-bond donors (Lipinski definition) is 1. The summed E-state index contributed by atoms with van der Waals surface area (Å²) in [5.41, 5.74) is 0.297. The van der Waals surface area contributed by atoms with Gasteiger partial charge in [-0.1, -0.05) is 12.1 Å². The lowest BCUT2D eigenvalue weighted by atomic mass is 10.2. The quantitative estimate of drug-likeness (QED) is 0.589. The van der Waals surface area contributed by atoms with E-state index in [1.807, 2.05) is 0 Å². The number of ether oxygens (including phenoxy) is 1. The van der Waals surface area contributed by atoms with Gasteiger partial charge in [-0.3, -0.25) is 4.79 Å². The number of benzene rings is 1. The Morgan fingerprint density at radius 2 is 2.14 bits per heavy atom. The molecule has 0 bridgehead atoms. The molecule has 0 unspecified atom stereocenters. The summed E-state index contributed by atoms with van der Waals surface area (Å²) in [6.45, 7) is -0.110. The molecule has 0 aliphatic heterocycles. The monoisotopic (exact) mass is 296 g/mol. The van der Waals surface area contributed by atoms with Crippen LogP contribution >= 0.6 is 0 Å². The highest BCUT2D eigenvalue weighted by Gasteiger charge is 2.05. The van der Waals surface area contributed by atoms with Gasteiger partial charge < -0.3 is 14.1 Å². The summed E-state index contributed by atoms with van der Waals surface area (Å²) < 4.78 is 10.1. The van der Waals surface area contributed by atoms with Crippen molar-refractivity contribution in [1.82, 2.24) is 9.97 Å². The first-order valence-corrected chi connectivity index (χ1v) is 6.59. The summed E-state index contributed by atoms with van der Waals surface area (Å²) in [7, 11) is 0. The average Bonchev–Trinajstić information content (AvgIpc) is 3.04. The summed E-state index contributed by atoms with van der Waals surface area (Å²) in [6.07, 6.45) is 4.26. The number of rotatable bonds is 4. The second-order valence-corrected chi connectivity index (χ2v) is 4.49. The highest BCUT2D eigenvalue weighted by atomic mass is 16.5. The zero-order chi connectivity index (χ0) is 15.4. The number of carbonyl (C=O) groups is 1. The first-order chi connectivity index (χ1) is 10.7. The normalized spacial score (nSPS) is 11.1. The lowest BCUT2D eigenvalue weighted by molar-refractivity contribution is -0.139. The number of fused-ring (bicyclic) bond motifs is 1. The zero-order valence-electron chi connectivity index (χ0n) is 11.5. The number of carbonyl (C=O) groups excluding carboxylic acids is 1. The van der Waals surface area contributed by atoms with E-state index in [9.17, 15) is 9.59 Å². The van der Waals surface area contributed by atoms with Gasteiger partial charge in [0.1, 0.15) is 18.2 Å². The number of hydrogen-bond acceptors (Lipinski definition) is 5.